The standard InChI is InChI=1S/C26H30FN3O6S/c1-17(26(33)29-19-5-3-2-4-6-19)30(21-10-7-18(27)8-11-21)25(32)15-37(34)14-24(31)28-20-9-12-22-23(13-20)36-16-35-22/h7-13,17,19H,2-6,14-16H2,1H3,(H,28,31)(H,29,33)/t17-,37-/m0/s1. The van der Waals surface area contributed by atoms with Crippen molar-refractivity contribution in [1.82, 2.24) is 5.32 Å². The number of nitrogens with one attached hydrogen (secondary N) is 2. The molecular formula is C26H30FN3O6S. The van der Waals surface area contributed by atoms with Gasteiger partial charge in [-0.25, -0.2) is 4.39 Å². The third-order valence-corrected chi connectivity index (χ3v) is 7.48. The molecule has 2 N–H and O–H groups in total. The average Bonchev–Trinajstić information content (AvgIpc) is 3.33. The van der Waals surface area contributed by atoms with Gasteiger partial charge in [0.25, 0.3) is 0 Å². The fourth-order valence-corrected chi connectivity index (χ4v) is 5.33. The van der Waals surface area contributed by atoms with E-state index in [1.165, 1.54) is 29.2 Å². The minimum Gasteiger partial charge on any atom is -0.454 e. The summed E-state index contributed by atoms with van der Waals surface area (Å²) in [6, 6.07) is 9.18. The SMILES string of the molecule is C[C@@H](C(=O)NC1CCCCC1)N(C(=O)C[S@@](=O)CC(=O)Nc1ccc2c(c1)OCO2)c1ccc(F)cc1. The quantitative estimate of drug-likeness (QED) is 0.514. The molecule has 1 aliphatic heterocycles. The predicted octanol–water partition coefficient (Wildman–Crippen LogP) is 3.11. The molecule has 0 aromatic heterocycles. The Morgan fingerprint density at radius 3 is 2.46 bits per heavy atom. The van der Waals surface area contributed by atoms with Crippen LogP contribution in [0.15, 0.2) is 42.5 Å². The molecule has 2 aromatic rings. The van der Waals surface area contributed by atoms with E-state index in [0.29, 0.717) is 22.9 Å². The number of amides is 3. The van der Waals surface area contributed by atoms with Gasteiger partial charge in [0, 0.05) is 34.3 Å². The van der Waals surface area contributed by atoms with E-state index in [0.717, 1.165) is 32.1 Å². The minimum absolute atomic E-state index is 0.0443. The summed E-state index contributed by atoms with van der Waals surface area (Å²) in [5.74, 6) is -1.81. The maximum Gasteiger partial charge on any atom is 0.243 e. The Balaban J connectivity index is 1.39. The molecule has 0 saturated heterocycles. The number of halogens is 1. The molecule has 1 heterocycles. The summed E-state index contributed by atoms with van der Waals surface area (Å²) in [7, 11) is -1.85. The van der Waals surface area contributed by atoms with Crippen LogP contribution in [0.1, 0.15) is 39.0 Å². The van der Waals surface area contributed by atoms with Gasteiger partial charge in [0.2, 0.25) is 24.5 Å². The summed E-state index contributed by atoms with van der Waals surface area (Å²) in [4.78, 5) is 39.9. The lowest BCUT2D eigenvalue weighted by Gasteiger charge is -2.31. The van der Waals surface area contributed by atoms with Crippen LogP contribution in [-0.4, -0.2) is 52.3 Å². The third-order valence-electron chi connectivity index (χ3n) is 6.32. The molecule has 3 amide bonds. The molecule has 4 rings (SSSR count). The van der Waals surface area contributed by atoms with Gasteiger partial charge in [-0.15, -0.1) is 0 Å². The fraction of sp³-hybridized carbons (Fsp3) is 0.423. The van der Waals surface area contributed by atoms with Crippen LogP contribution in [0, 0.1) is 5.82 Å². The molecule has 37 heavy (non-hydrogen) atoms. The molecule has 2 aromatic carbocycles. The zero-order valence-electron chi connectivity index (χ0n) is 20.5. The van der Waals surface area contributed by atoms with Gasteiger partial charge in [-0.2, -0.15) is 0 Å². The molecule has 2 aliphatic rings. The maximum atomic E-state index is 13.5. The highest BCUT2D eigenvalue weighted by atomic mass is 32.2. The Morgan fingerprint density at radius 2 is 1.73 bits per heavy atom. The Morgan fingerprint density at radius 1 is 1.03 bits per heavy atom. The van der Waals surface area contributed by atoms with Crippen LogP contribution in [0.2, 0.25) is 0 Å². The Bertz CT molecular complexity index is 1170. The first kappa shape index (κ1) is 26.6. The summed E-state index contributed by atoms with van der Waals surface area (Å²) < 4.78 is 36.8. The van der Waals surface area contributed by atoms with Gasteiger partial charge in [-0.3, -0.25) is 23.5 Å². The van der Waals surface area contributed by atoms with Gasteiger partial charge in [0.1, 0.15) is 23.4 Å². The lowest BCUT2D eigenvalue weighted by molar-refractivity contribution is -0.126. The van der Waals surface area contributed by atoms with E-state index in [4.69, 9.17) is 9.47 Å². The first-order chi connectivity index (χ1) is 17.8. The van der Waals surface area contributed by atoms with Crippen molar-refractivity contribution in [2.24, 2.45) is 0 Å². The number of anilines is 2. The zero-order valence-corrected chi connectivity index (χ0v) is 21.4. The van der Waals surface area contributed by atoms with Crippen molar-refractivity contribution in [3.63, 3.8) is 0 Å². The molecule has 9 nitrogen and oxygen atoms in total. The number of benzene rings is 2. The van der Waals surface area contributed by atoms with E-state index < -0.39 is 46.0 Å². The van der Waals surface area contributed by atoms with Gasteiger partial charge < -0.3 is 20.1 Å². The van der Waals surface area contributed by atoms with E-state index >= 15 is 0 Å². The maximum absolute atomic E-state index is 13.5. The van der Waals surface area contributed by atoms with Crippen molar-refractivity contribution in [1.29, 1.82) is 0 Å². The first-order valence-corrected chi connectivity index (χ1v) is 13.7. The van der Waals surface area contributed by atoms with E-state index in [1.807, 2.05) is 0 Å². The van der Waals surface area contributed by atoms with Crippen LogP contribution in [0.4, 0.5) is 15.8 Å². The monoisotopic (exact) mass is 531 g/mol. The molecule has 1 saturated carbocycles. The van der Waals surface area contributed by atoms with Gasteiger partial charge >= 0.3 is 0 Å². The molecule has 1 aliphatic carbocycles. The van der Waals surface area contributed by atoms with Crippen LogP contribution in [0.25, 0.3) is 0 Å². The second kappa shape index (κ2) is 12.2. The molecule has 0 bridgehead atoms. The van der Waals surface area contributed by atoms with E-state index in [1.54, 1.807) is 25.1 Å². The Hall–Kier alpha value is -3.47. The number of ether oxygens (including phenoxy) is 2. The second-order valence-electron chi connectivity index (χ2n) is 9.10. The van der Waals surface area contributed by atoms with Crippen molar-refractivity contribution in [2.75, 3.05) is 28.5 Å². The molecule has 0 spiro atoms. The van der Waals surface area contributed by atoms with Crippen molar-refractivity contribution >= 4 is 39.9 Å². The Kier molecular flexibility index (Phi) is 8.75. The normalized spacial score (nSPS) is 16.5. The third kappa shape index (κ3) is 7.06. The number of carbonyl (C=O) groups is 3. The zero-order chi connectivity index (χ0) is 26.4. The smallest absolute Gasteiger partial charge is 0.243 e. The molecule has 0 radical (unpaired) electrons. The highest BCUT2D eigenvalue weighted by molar-refractivity contribution is 7.86. The minimum atomic E-state index is -1.85. The summed E-state index contributed by atoms with van der Waals surface area (Å²) >= 11 is 0. The van der Waals surface area contributed by atoms with Crippen LogP contribution in [0.5, 0.6) is 11.5 Å². The molecule has 0 unspecified atom stereocenters. The summed E-state index contributed by atoms with van der Waals surface area (Å²) in [5, 5.41) is 5.63. The molecular weight excluding hydrogens is 501 g/mol. The predicted molar refractivity (Wildman–Crippen MR) is 137 cm³/mol. The van der Waals surface area contributed by atoms with Crippen LogP contribution >= 0.6 is 0 Å². The van der Waals surface area contributed by atoms with E-state index in [-0.39, 0.29) is 18.7 Å². The van der Waals surface area contributed by atoms with Crippen LogP contribution in [-0.2, 0) is 25.2 Å². The topological polar surface area (TPSA) is 114 Å². The highest BCUT2D eigenvalue weighted by Gasteiger charge is 2.30. The Labute approximate surface area is 217 Å². The number of rotatable bonds is 9. The largest absolute Gasteiger partial charge is 0.454 e. The number of carbonyl (C=O) groups excluding carboxylic acids is 3. The molecule has 198 valence electrons. The van der Waals surface area contributed by atoms with Crippen LogP contribution < -0.4 is 25.0 Å². The van der Waals surface area contributed by atoms with Crippen molar-refractivity contribution in [2.45, 2.75) is 51.1 Å². The average molecular weight is 532 g/mol. The van der Waals surface area contributed by atoms with Gasteiger partial charge in [0.15, 0.2) is 11.5 Å². The summed E-state index contributed by atoms with van der Waals surface area (Å²) in [5.41, 5.74) is 0.748. The van der Waals surface area contributed by atoms with Gasteiger partial charge in [-0.05, 0) is 56.2 Å². The summed E-state index contributed by atoms with van der Waals surface area (Å²) in [6.45, 7) is 1.68. The molecule has 1 fully saturated rings. The van der Waals surface area contributed by atoms with Crippen molar-refractivity contribution in [3.8, 4) is 11.5 Å². The molecule has 11 heteroatoms. The number of nitrogens with zero attached hydrogens (tertiary/aromatic N) is 1. The lowest BCUT2D eigenvalue weighted by atomic mass is 9.95. The number of hydrogen-bond donors (Lipinski definition) is 2. The molecule has 2 atom stereocenters. The van der Waals surface area contributed by atoms with Crippen molar-refractivity contribution < 1.29 is 32.5 Å². The van der Waals surface area contributed by atoms with E-state index in [2.05, 4.69) is 10.6 Å². The van der Waals surface area contributed by atoms with Gasteiger partial charge in [-0.1, -0.05) is 19.3 Å². The lowest BCUT2D eigenvalue weighted by Crippen LogP contribution is -2.52. The summed E-state index contributed by atoms with van der Waals surface area (Å²) in [6.07, 6.45) is 4.97. The highest BCUT2D eigenvalue weighted by Crippen LogP contribution is 2.34. The van der Waals surface area contributed by atoms with Gasteiger partial charge in [0.05, 0.1) is 0 Å². The second-order valence-corrected chi connectivity index (χ2v) is 10.6. The van der Waals surface area contributed by atoms with E-state index in [9.17, 15) is 23.0 Å². The first-order valence-electron chi connectivity index (χ1n) is 12.2. The van der Waals surface area contributed by atoms with Crippen molar-refractivity contribution in [3.05, 3.63) is 48.3 Å². The number of hydrogen-bond acceptors (Lipinski definition) is 6. The van der Waals surface area contributed by atoms with Crippen LogP contribution in [0.3, 0.4) is 0 Å². The number of fused-ring (bicyclic) bond motifs is 1. The fourth-order valence-electron chi connectivity index (χ4n) is 4.45.